The second kappa shape index (κ2) is 5.19. The monoisotopic (exact) mass is 246 g/mol. The largest absolute Gasteiger partial charge is 0.491 e. The number of nitrogens with zero attached hydrogens (tertiary/aromatic N) is 1. The Morgan fingerprint density at radius 1 is 1.33 bits per heavy atom. The van der Waals surface area contributed by atoms with Gasteiger partial charge in [0.25, 0.3) is 0 Å². The minimum atomic E-state index is 0.647. The molecule has 0 saturated carbocycles. The highest BCUT2D eigenvalue weighted by Crippen LogP contribution is 2.34. The van der Waals surface area contributed by atoms with Crippen LogP contribution >= 0.6 is 0 Å². The molecule has 2 aliphatic heterocycles. The molecule has 1 saturated heterocycles. The van der Waals surface area contributed by atoms with E-state index in [4.69, 9.17) is 4.74 Å². The molecule has 3 nitrogen and oxygen atoms in total. The molecule has 0 aliphatic carbocycles. The van der Waals surface area contributed by atoms with E-state index in [0.717, 1.165) is 38.4 Å². The summed E-state index contributed by atoms with van der Waals surface area (Å²) >= 11 is 0. The second-order valence-corrected chi connectivity index (χ2v) is 5.40. The maximum absolute atomic E-state index is 5.85. The summed E-state index contributed by atoms with van der Waals surface area (Å²) in [5, 5.41) is 3.49. The smallest absolute Gasteiger partial charge is 0.142 e. The fourth-order valence-electron chi connectivity index (χ4n) is 3.16. The van der Waals surface area contributed by atoms with E-state index in [1.54, 1.807) is 0 Å². The van der Waals surface area contributed by atoms with Crippen molar-refractivity contribution in [3.63, 3.8) is 0 Å². The number of ether oxygens (including phenoxy) is 1. The molecule has 18 heavy (non-hydrogen) atoms. The average molecular weight is 246 g/mol. The van der Waals surface area contributed by atoms with Gasteiger partial charge in [-0.25, -0.2) is 0 Å². The van der Waals surface area contributed by atoms with Crippen LogP contribution in [-0.2, 0) is 0 Å². The molecule has 1 aromatic carbocycles. The van der Waals surface area contributed by atoms with Crippen LogP contribution in [0, 0.1) is 5.92 Å². The van der Waals surface area contributed by atoms with E-state index in [9.17, 15) is 0 Å². The van der Waals surface area contributed by atoms with Crippen LogP contribution in [0.25, 0.3) is 0 Å². The van der Waals surface area contributed by atoms with E-state index in [0.29, 0.717) is 12.0 Å². The van der Waals surface area contributed by atoms with Gasteiger partial charge in [0.2, 0.25) is 0 Å². The molecule has 0 aromatic heterocycles. The zero-order chi connectivity index (χ0) is 12.4. The molecule has 1 N–H and O–H groups in total. The molecule has 3 rings (SSSR count). The molecule has 2 atom stereocenters. The first-order valence-electron chi connectivity index (χ1n) is 7.05. The molecule has 0 spiro atoms. The Labute approximate surface area is 109 Å². The van der Waals surface area contributed by atoms with Gasteiger partial charge in [0.05, 0.1) is 12.3 Å². The van der Waals surface area contributed by atoms with Gasteiger partial charge in [0.15, 0.2) is 0 Å². The van der Waals surface area contributed by atoms with Crippen molar-refractivity contribution in [2.45, 2.75) is 25.8 Å². The lowest BCUT2D eigenvalue weighted by atomic mass is 9.93. The van der Waals surface area contributed by atoms with Crippen molar-refractivity contribution in [2.24, 2.45) is 5.92 Å². The Balaban J connectivity index is 1.91. The van der Waals surface area contributed by atoms with Crippen LogP contribution < -0.4 is 15.0 Å². The van der Waals surface area contributed by atoms with Gasteiger partial charge in [-0.3, -0.25) is 0 Å². The Morgan fingerprint density at radius 2 is 2.22 bits per heavy atom. The molecule has 1 aromatic rings. The molecular formula is C15H22N2O. The van der Waals surface area contributed by atoms with E-state index < -0.39 is 0 Å². The highest BCUT2D eigenvalue weighted by molar-refractivity contribution is 5.59. The zero-order valence-electron chi connectivity index (χ0n) is 11.1. The van der Waals surface area contributed by atoms with E-state index in [1.807, 2.05) is 0 Å². The summed E-state index contributed by atoms with van der Waals surface area (Å²) in [6, 6.07) is 9.13. The van der Waals surface area contributed by atoms with Crippen LogP contribution in [0.4, 0.5) is 5.69 Å². The molecule has 1 fully saturated rings. The standard InChI is InChI=1S/C15H22N2O/c1-12-11-16-8-7-13(12)17-9-4-10-18-15-6-3-2-5-14(15)17/h2-3,5-6,12-13,16H,4,7-11H2,1H3. The number of piperidine rings is 1. The lowest BCUT2D eigenvalue weighted by Gasteiger charge is -2.40. The second-order valence-electron chi connectivity index (χ2n) is 5.40. The molecular weight excluding hydrogens is 224 g/mol. The van der Waals surface area contributed by atoms with Gasteiger partial charge in [0.1, 0.15) is 5.75 Å². The van der Waals surface area contributed by atoms with Gasteiger partial charge < -0.3 is 15.0 Å². The lowest BCUT2D eigenvalue weighted by molar-refractivity contribution is 0.315. The number of para-hydroxylation sites is 2. The molecule has 0 radical (unpaired) electrons. The fraction of sp³-hybridized carbons (Fsp3) is 0.600. The summed E-state index contributed by atoms with van der Waals surface area (Å²) in [5.41, 5.74) is 1.29. The van der Waals surface area contributed by atoms with E-state index in [1.165, 1.54) is 12.1 Å². The first-order valence-corrected chi connectivity index (χ1v) is 7.05. The van der Waals surface area contributed by atoms with Crippen LogP contribution in [-0.4, -0.2) is 32.3 Å². The Hall–Kier alpha value is -1.22. The van der Waals surface area contributed by atoms with Gasteiger partial charge in [-0.15, -0.1) is 0 Å². The number of fused-ring (bicyclic) bond motifs is 1. The summed E-state index contributed by atoms with van der Waals surface area (Å²) in [5.74, 6) is 1.76. The van der Waals surface area contributed by atoms with Crippen molar-refractivity contribution >= 4 is 5.69 Å². The summed E-state index contributed by atoms with van der Waals surface area (Å²) < 4.78 is 5.85. The van der Waals surface area contributed by atoms with Crippen molar-refractivity contribution in [3.05, 3.63) is 24.3 Å². The van der Waals surface area contributed by atoms with E-state index in [-0.39, 0.29) is 0 Å². The molecule has 2 aliphatic rings. The Morgan fingerprint density at radius 3 is 3.11 bits per heavy atom. The molecule has 2 unspecified atom stereocenters. The van der Waals surface area contributed by atoms with Crippen LogP contribution in [0.3, 0.4) is 0 Å². The highest BCUT2D eigenvalue weighted by atomic mass is 16.5. The molecule has 0 bridgehead atoms. The number of rotatable bonds is 1. The Kier molecular flexibility index (Phi) is 3.41. The predicted molar refractivity (Wildman–Crippen MR) is 74.3 cm³/mol. The van der Waals surface area contributed by atoms with Crippen LogP contribution in [0.15, 0.2) is 24.3 Å². The van der Waals surface area contributed by atoms with Crippen LogP contribution in [0.1, 0.15) is 19.8 Å². The van der Waals surface area contributed by atoms with Crippen molar-refractivity contribution in [1.82, 2.24) is 5.32 Å². The quantitative estimate of drug-likeness (QED) is 0.822. The first-order chi connectivity index (χ1) is 8.86. The molecule has 2 heterocycles. The van der Waals surface area contributed by atoms with Crippen molar-refractivity contribution in [1.29, 1.82) is 0 Å². The number of hydrogen-bond donors (Lipinski definition) is 1. The van der Waals surface area contributed by atoms with Crippen LogP contribution in [0.2, 0.25) is 0 Å². The molecule has 98 valence electrons. The van der Waals surface area contributed by atoms with Gasteiger partial charge in [0, 0.05) is 12.6 Å². The summed E-state index contributed by atoms with van der Waals surface area (Å²) in [4.78, 5) is 2.58. The van der Waals surface area contributed by atoms with E-state index in [2.05, 4.69) is 41.4 Å². The van der Waals surface area contributed by atoms with Gasteiger partial charge in [-0.1, -0.05) is 19.1 Å². The van der Waals surface area contributed by atoms with Gasteiger partial charge in [-0.05, 0) is 44.0 Å². The van der Waals surface area contributed by atoms with Crippen molar-refractivity contribution in [2.75, 3.05) is 31.1 Å². The third-order valence-electron chi connectivity index (χ3n) is 4.12. The van der Waals surface area contributed by atoms with Gasteiger partial charge >= 0.3 is 0 Å². The first kappa shape index (κ1) is 11.8. The maximum atomic E-state index is 5.85. The third-order valence-corrected chi connectivity index (χ3v) is 4.12. The molecule has 0 amide bonds. The average Bonchev–Trinajstić information content (AvgIpc) is 2.62. The lowest BCUT2D eigenvalue weighted by Crippen LogP contribution is -2.49. The normalized spacial score (nSPS) is 28.2. The number of benzene rings is 1. The minimum Gasteiger partial charge on any atom is -0.491 e. The summed E-state index contributed by atoms with van der Waals surface area (Å²) in [6.07, 6.45) is 2.35. The van der Waals surface area contributed by atoms with E-state index >= 15 is 0 Å². The topological polar surface area (TPSA) is 24.5 Å². The highest BCUT2D eigenvalue weighted by Gasteiger charge is 2.29. The van der Waals surface area contributed by atoms with Crippen molar-refractivity contribution in [3.8, 4) is 5.75 Å². The number of nitrogens with one attached hydrogen (secondary N) is 1. The SMILES string of the molecule is CC1CNCCC1N1CCCOc2ccccc21. The Bertz CT molecular complexity index is 407. The number of anilines is 1. The predicted octanol–water partition coefficient (Wildman–Crippen LogP) is 2.27. The summed E-state index contributed by atoms with van der Waals surface area (Å²) in [7, 11) is 0. The minimum absolute atomic E-state index is 0.647. The number of hydrogen-bond acceptors (Lipinski definition) is 3. The zero-order valence-corrected chi connectivity index (χ0v) is 11.1. The third kappa shape index (κ3) is 2.19. The summed E-state index contributed by atoms with van der Waals surface area (Å²) in [6.45, 7) is 6.57. The maximum Gasteiger partial charge on any atom is 0.142 e. The fourth-order valence-corrected chi connectivity index (χ4v) is 3.16. The molecule has 3 heteroatoms. The van der Waals surface area contributed by atoms with Crippen LogP contribution in [0.5, 0.6) is 5.75 Å². The van der Waals surface area contributed by atoms with Gasteiger partial charge in [-0.2, -0.15) is 0 Å². The van der Waals surface area contributed by atoms with Crippen molar-refractivity contribution < 1.29 is 4.74 Å².